The van der Waals surface area contributed by atoms with Crippen LogP contribution in [-0.4, -0.2) is 56.2 Å². The minimum atomic E-state index is -0.203. The van der Waals surface area contributed by atoms with Crippen LogP contribution in [0, 0.1) is 5.92 Å². The smallest absolute Gasteiger partial charge is 0.225 e. The Hall–Kier alpha value is -1.43. The number of carbonyl (C=O) groups is 1. The molecule has 1 fully saturated rings. The van der Waals surface area contributed by atoms with Crippen molar-refractivity contribution in [2.75, 3.05) is 27.2 Å². The molecule has 1 heterocycles. The van der Waals surface area contributed by atoms with Crippen molar-refractivity contribution in [3.8, 4) is 0 Å². The quantitative estimate of drug-likeness (QED) is 0.755. The molecule has 1 aromatic carbocycles. The number of nitrogens with one attached hydrogen (secondary N) is 1. The van der Waals surface area contributed by atoms with Crippen LogP contribution in [0.25, 0.3) is 0 Å². The SMILES string of the molecule is COC(C(C)C(=O)NC(CN)Cc1ccccc1)C1CCCN1C. The molecule has 4 atom stereocenters. The zero-order chi connectivity index (χ0) is 17.5. The molecule has 0 radical (unpaired) electrons. The summed E-state index contributed by atoms with van der Waals surface area (Å²) in [5, 5.41) is 3.11. The van der Waals surface area contributed by atoms with Gasteiger partial charge in [0.05, 0.1) is 12.0 Å². The molecular weight excluding hydrogens is 302 g/mol. The number of nitrogens with zero attached hydrogens (tertiary/aromatic N) is 1. The third-order valence-electron chi connectivity index (χ3n) is 5.09. The number of ether oxygens (including phenoxy) is 1. The minimum Gasteiger partial charge on any atom is -0.379 e. The Bertz CT molecular complexity index is 509. The minimum absolute atomic E-state index is 0.0218. The van der Waals surface area contributed by atoms with E-state index in [2.05, 4.69) is 29.4 Å². The van der Waals surface area contributed by atoms with Gasteiger partial charge < -0.3 is 20.7 Å². The lowest BCUT2D eigenvalue weighted by molar-refractivity contribution is -0.131. The number of hydrogen-bond acceptors (Lipinski definition) is 4. The summed E-state index contributed by atoms with van der Waals surface area (Å²) >= 11 is 0. The molecule has 24 heavy (non-hydrogen) atoms. The average Bonchev–Trinajstić information content (AvgIpc) is 3.01. The monoisotopic (exact) mass is 333 g/mol. The maximum Gasteiger partial charge on any atom is 0.225 e. The van der Waals surface area contributed by atoms with Crippen molar-refractivity contribution in [3.63, 3.8) is 0 Å². The van der Waals surface area contributed by atoms with E-state index in [0.29, 0.717) is 12.6 Å². The highest BCUT2D eigenvalue weighted by Gasteiger charge is 2.36. The summed E-state index contributed by atoms with van der Waals surface area (Å²) in [5.74, 6) is -0.182. The molecule has 1 amide bonds. The van der Waals surface area contributed by atoms with Gasteiger partial charge in [-0.1, -0.05) is 37.3 Å². The van der Waals surface area contributed by atoms with E-state index in [1.54, 1.807) is 7.11 Å². The zero-order valence-corrected chi connectivity index (χ0v) is 15.1. The first-order valence-corrected chi connectivity index (χ1v) is 8.84. The van der Waals surface area contributed by atoms with E-state index in [0.717, 1.165) is 25.8 Å². The van der Waals surface area contributed by atoms with Crippen molar-refractivity contribution >= 4 is 5.91 Å². The standard InChI is InChI=1S/C19H31N3O2/c1-14(18(24-3)17-10-7-11-22(17)2)19(23)21-16(13-20)12-15-8-5-4-6-9-15/h4-6,8-9,14,16-18H,7,10-13,20H2,1-3H3,(H,21,23). The number of methoxy groups -OCH3 is 1. The van der Waals surface area contributed by atoms with Crippen LogP contribution in [0.1, 0.15) is 25.3 Å². The summed E-state index contributed by atoms with van der Waals surface area (Å²) in [5.41, 5.74) is 7.05. The van der Waals surface area contributed by atoms with E-state index in [1.165, 1.54) is 5.56 Å². The number of benzene rings is 1. The van der Waals surface area contributed by atoms with E-state index in [1.807, 2.05) is 25.1 Å². The number of likely N-dealkylation sites (N-methyl/N-ethyl adjacent to an activating group) is 1. The number of rotatable bonds is 8. The van der Waals surface area contributed by atoms with Crippen molar-refractivity contribution in [1.29, 1.82) is 0 Å². The molecule has 1 aliphatic rings. The molecule has 134 valence electrons. The lowest BCUT2D eigenvalue weighted by Gasteiger charge is -2.32. The highest BCUT2D eigenvalue weighted by Crippen LogP contribution is 2.24. The maximum absolute atomic E-state index is 12.7. The van der Waals surface area contributed by atoms with Crippen molar-refractivity contribution < 1.29 is 9.53 Å². The normalized spacial score (nSPS) is 22.1. The van der Waals surface area contributed by atoms with Crippen LogP contribution in [0.4, 0.5) is 0 Å². The van der Waals surface area contributed by atoms with E-state index in [-0.39, 0.29) is 24.0 Å². The van der Waals surface area contributed by atoms with Gasteiger partial charge in [-0.2, -0.15) is 0 Å². The fraction of sp³-hybridized carbons (Fsp3) is 0.632. The number of likely N-dealkylation sites (tertiary alicyclic amines) is 1. The Morgan fingerprint density at radius 3 is 2.67 bits per heavy atom. The summed E-state index contributed by atoms with van der Waals surface area (Å²) in [7, 11) is 3.80. The summed E-state index contributed by atoms with van der Waals surface area (Å²) in [4.78, 5) is 15.0. The second kappa shape index (κ2) is 9.16. The van der Waals surface area contributed by atoms with Gasteiger partial charge in [0.15, 0.2) is 0 Å². The van der Waals surface area contributed by atoms with Gasteiger partial charge in [-0.15, -0.1) is 0 Å². The van der Waals surface area contributed by atoms with Gasteiger partial charge in [-0.05, 0) is 38.4 Å². The van der Waals surface area contributed by atoms with Crippen LogP contribution in [0.15, 0.2) is 30.3 Å². The molecule has 0 aliphatic carbocycles. The molecule has 4 unspecified atom stereocenters. The Morgan fingerprint density at radius 1 is 1.42 bits per heavy atom. The second-order valence-corrected chi connectivity index (χ2v) is 6.81. The number of amides is 1. The molecule has 5 nitrogen and oxygen atoms in total. The highest BCUT2D eigenvalue weighted by molar-refractivity contribution is 5.79. The second-order valence-electron chi connectivity index (χ2n) is 6.81. The van der Waals surface area contributed by atoms with E-state index < -0.39 is 0 Å². The van der Waals surface area contributed by atoms with Crippen molar-refractivity contribution in [1.82, 2.24) is 10.2 Å². The fourth-order valence-corrected chi connectivity index (χ4v) is 3.62. The molecule has 1 saturated heterocycles. The number of hydrogen-bond donors (Lipinski definition) is 2. The van der Waals surface area contributed by atoms with Gasteiger partial charge in [-0.3, -0.25) is 4.79 Å². The van der Waals surface area contributed by atoms with Crippen LogP contribution in [0.3, 0.4) is 0 Å². The topological polar surface area (TPSA) is 67.6 Å². The van der Waals surface area contributed by atoms with Crippen molar-refractivity contribution in [2.24, 2.45) is 11.7 Å². The van der Waals surface area contributed by atoms with Gasteiger partial charge in [0.1, 0.15) is 0 Å². The third kappa shape index (κ3) is 4.79. The predicted molar refractivity (Wildman–Crippen MR) is 96.7 cm³/mol. The molecule has 5 heteroatoms. The summed E-state index contributed by atoms with van der Waals surface area (Å²) < 4.78 is 5.69. The summed E-state index contributed by atoms with van der Waals surface area (Å²) in [6, 6.07) is 10.4. The Balaban J connectivity index is 1.95. The van der Waals surface area contributed by atoms with Crippen LogP contribution >= 0.6 is 0 Å². The molecular formula is C19H31N3O2. The Morgan fingerprint density at radius 2 is 2.12 bits per heavy atom. The molecule has 1 aliphatic heterocycles. The van der Waals surface area contributed by atoms with Crippen LogP contribution in [0.2, 0.25) is 0 Å². The number of nitrogens with two attached hydrogens (primary N) is 1. The Kier molecular flexibility index (Phi) is 7.21. The van der Waals surface area contributed by atoms with E-state index in [9.17, 15) is 4.79 Å². The van der Waals surface area contributed by atoms with Gasteiger partial charge >= 0.3 is 0 Å². The summed E-state index contributed by atoms with van der Waals surface area (Å²) in [6.45, 7) is 3.44. The van der Waals surface area contributed by atoms with Crippen LogP contribution in [-0.2, 0) is 16.0 Å². The Labute approximate surface area is 145 Å². The van der Waals surface area contributed by atoms with Gasteiger partial charge in [0.25, 0.3) is 0 Å². The van der Waals surface area contributed by atoms with E-state index >= 15 is 0 Å². The van der Waals surface area contributed by atoms with Gasteiger partial charge in [0.2, 0.25) is 5.91 Å². The highest BCUT2D eigenvalue weighted by atomic mass is 16.5. The maximum atomic E-state index is 12.7. The first-order valence-electron chi connectivity index (χ1n) is 8.84. The van der Waals surface area contributed by atoms with Crippen LogP contribution in [0.5, 0.6) is 0 Å². The van der Waals surface area contributed by atoms with E-state index in [4.69, 9.17) is 10.5 Å². The third-order valence-corrected chi connectivity index (χ3v) is 5.09. The first-order chi connectivity index (χ1) is 11.6. The molecule has 2 rings (SSSR count). The fourth-order valence-electron chi connectivity index (χ4n) is 3.62. The average molecular weight is 333 g/mol. The molecule has 0 spiro atoms. The zero-order valence-electron chi connectivity index (χ0n) is 15.1. The van der Waals surface area contributed by atoms with Crippen molar-refractivity contribution in [3.05, 3.63) is 35.9 Å². The lowest BCUT2D eigenvalue weighted by Crippen LogP contribution is -2.50. The molecule has 0 saturated carbocycles. The van der Waals surface area contributed by atoms with Crippen LogP contribution < -0.4 is 11.1 Å². The predicted octanol–water partition coefficient (Wildman–Crippen LogP) is 1.42. The van der Waals surface area contributed by atoms with Gasteiger partial charge in [-0.25, -0.2) is 0 Å². The summed E-state index contributed by atoms with van der Waals surface area (Å²) in [6.07, 6.45) is 2.90. The molecule has 1 aromatic rings. The van der Waals surface area contributed by atoms with Gasteiger partial charge in [0, 0.05) is 25.7 Å². The molecule has 3 N–H and O–H groups in total. The first kappa shape index (κ1) is 18.9. The largest absolute Gasteiger partial charge is 0.379 e. The van der Waals surface area contributed by atoms with Crippen molar-refractivity contribution in [2.45, 2.75) is 44.4 Å². The molecule has 0 bridgehead atoms. The molecule has 0 aromatic heterocycles. The number of carbonyl (C=O) groups excluding carboxylic acids is 1. The lowest BCUT2D eigenvalue weighted by atomic mass is 9.94.